The van der Waals surface area contributed by atoms with E-state index in [0.29, 0.717) is 6.54 Å². The van der Waals surface area contributed by atoms with Gasteiger partial charge in [-0.05, 0) is 30.9 Å². The number of nitrogens with zero attached hydrogens (tertiary/aromatic N) is 2. The maximum absolute atomic E-state index is 5.81. The molecule has 0 amide bonds. The molecule has 1 aromatic heterocycles. The molecule has 1 aliphatic rings. The Morgan fingerprint density at radius 2 is 2.37 bits per heavy atom. The van der Waals surface area contributed by atoms with E-state index in [9.17, 15) is 0 Å². The first-order valence-corrected chi connectivity index (χ1v) is 6.69. The number of fused-ring (bicyclic) bond motifs is 1. The van der Waals surface area contributed by atoms with Gasteiger partial charge in [-0.15, -0.1) is 0 Å². The van der Waals surface area contributed by atoms with E-state index in [1.807, 2.05) is 23.0 Å². The Morgan fingerprint density at radius 1 is 1.47 bits per heavy atom. The van der Waals surface area contributed by atoms with Crippen molar-refractivity contribution in [3.05, 3.63) is 23.9 Å². The molecule has 102 valence electrons. The van der Waals surface area contributed by atoms with Crippen LogP contribution in [0.4, 0.5) is 0 Å². The number of hydrogen-bond donors (Lipinski definition) is 1. The van der Waals surface area contributed by atoms with Crippen molar-refractivity contribution in [2.45, 2.75) is 32.0 Å². The van der Waals surface area contributed by atoms with Crippen LogP contribution in [0.3, 0.4) is 0 Å². The minimum absolute atomic E-state index is 0.0315. The van der Waals surface area contributed by atoms with Gasteiger partial charge in [0.2, 0.25) is 0 Å². The van der Waals surface area contributed by atoms with Crippen molar-refractivity contribution in [3.8, 4) is 5.75 Å². The van der Waals surface area contributed by atoms with Crippen LogP contribution in [0, 0.1) is 0 Å². The molecule has 5 nitrogen and oxygen atoms in total. The van der Waals surface area contributed by atoms with E-state index in [2.05, 4.69) is 5.10 Å². The second-order valence-electron chi connectivity index (χ2n) is 4.83. The molecular weight excluding hydrogens is 242 g/mol. The number of aromatic nitrogens is 2. The molecule has 0 radical (unpaired) electrons. The lowest BCUT2D eigenvalue weighted by atomic mass is 10.1. The SMILES string of the molecule is COc1cc(CN)c2cnn(C3CCCCO3)c2c1. The number of methoxy groups -OCH3 is 1. The first-order chi connectivity index (χ1) is 9.33. The van der Waals surface area contributed by atoms with Crippen molar-refractivity contribution in [2.75, 3.05) is 13.7 Å². The van der Waals surface area contributed by atoms with Crippen LogP contribution in [0.1, 0.15) is 31.1 Å². The average molecular weight is 261 g/mol. The zero-order valence-electron chi connectivity index (χ0n) is 11.1. The Morgan fingerprint density at radius 3 is 3.05 bits per heavy atom. The molecule has 2 heterocycles. The second-order valence-corrected chi connectivity index (χ2v) is 4.83. The van der Waals surface area contributed by atoms with Crippen molar-refractivity contribution >= 4 is 10.9 Å². The van der Waals surface area contributed by atoms with Gasteiger partial charge in [0.1, 0.15) is 5.75 Å². The molecule has 0 saturated carbocycles. The molecule has 1 unspecified atom stereocenters. The molecule has 2 N–H and O–H groups in total. The summed E-state index contributed by atoms with van der Waals surface area (Å²) in [4.78, 5) is 0. The average Bonchev–Trinajstić information content (AvgIpc) is 2.90. The highest BCUT2D eigenvalue weighted by molar-refractivity contribution is 5.84. The molecule has 0 bridgehead atoms. The third kappa shape index (κ3) is 2.19. The first kappa shape index (κ1) is 12.4. The van der Waals surface area contributed by atoms with Gasteiger partial charge in [0.25, 0.3) is 0 Å². The summed E-state index contributed by atoms with van der Waals surface area (Å²) < 4.78 is 13.1. The summed E-state index contributed by atoms with van der Waals surface area (Å²) in [6.45, 7) is 1.28. The molecule has 1 saturated heterocycles. The van der Waals surface area contributed by atoms with Crippen molar-refractivity contribution in [3.63, 3.8) is 0 Å². The molecular formula is C14H19N3O2. The van der Waals surface area contributed by atoms with Crippen molar-refractivity contribution in [2.24, 2.45) is 5.73 Å². The predicted molar refractivity (Wildman–Crippen MR) is 73.0 cm³/mol. The molecule has 1 atom stereocenters. The van der Waals surface area contributed by atoms with Crippen LogP contribution >= 0.6 is 0 Å². The Bertz CT molecular complexity index is 573. The van der Waals surface area contributed by atoms with Gasteiger partial charge in [-0.2, -0.15) is 5.10 Å². The van der Waals surface area contributed by atoms with E-state index in [-0.39, 0.29) is 6.23 Å². The Hall–Kier alpha value is -1.59. The minimum Gasteiger partial charge on any atom is -0.497 e. The summed E-state index contributed by atoms with van der Waals surface area (Å²) in [5.74, 6) is 0.811. The lowest BCUT2D eigenvalue weighted by Crippen LogP contribution is -2.19. The van der Waals surface area contributed by atoms with Gasteiger partial charge in [-0.1, -0.05) is 0 Å². The highest BCUT2D eigenvalue weighted by Gasteiger charge is 2.19. The summed E-state index contributed by atoms with van der Waals surface area (Å²) >= 11 is 0. The lowest BCUT2D eigenvalue weighted by molar-refractivity contribution is -0.0366. The quantitative estimate of drug-likeness (QED) is 0.920. The Balaban J connectivity index is 2.09. The lowest BCUT2D eigenvalue weighted by Gasteiger charge is -2.23. The summed E-state index contributed by atoms with van der Waals surface area (Å²) in [6, 6.07) is 3.97. The molecule has 1 fully saturated rings. The fraction of sp³-hybridized carbons (Fsp3) is 0.500. The summed E-state index contributed by atoms with van der Waals surface area (Å²) in [7, 11) is 1.67. The van der Waals surface area contributed by atoms with Crippen LogP contribution < -0.4 is 10.5 Å². The third-order valence-corrected chi connectivity index (χ3v) is 3.66. The van der Waals surface area contributed by atoms with Gasteiger partial charge >= 0.3 is 0 Å². The number of ether oxygens (including phenoxy) is 2. The van der Waals surface area contributed by atoms with Crippen molar-refractivity contribution in [1.82, 2.24) is 9.78 Å². The van der Waals surface area contributed by atoms with Crippen LogP contribution in [0.5, 0.6) is 5.75 Å². The fourth-order valence-electron chi connectivity index (χ4n) is 2.62. The van der Waals surface area contributed by atoms with E-state index >= 15 is 0 Å². The topological polar surface area (TPSA) is 62.3 Å². The van der Waals surface area contributed by atoms with Gasteiger partial charge in [-0.25, -0.2) is 4.68 Å². The maximum atomic E-state index is 5.81. The molecule has 0 spiro atoms. The standard InChI is InChI=1S/C14H19N3O2/c1-18-11-6-10(8-15)12-9-16-17(13(12)7-11)14-4-2-3-5-19-14/h6-7,9,14H,2-5,8,15H2,1H3. The molecule has 2 aromatic rings. The van der Waals surface area contributed by atoms with Crippen LogP contribution in [-0.4, -0.2) is 23.5 Å². The van der Waals surface area contributed by atoms with Gasteiger partial charge < -0.3 is 15.2 Å². The minimum atomic E-state index is 0.0315. The number of benzene rings is 1. The van der Waals surface area contributed by atoms with Crippen molar-refractivity contribution < 1.29 is 9.47 Å². The summed E-state index contributed by atoms with van der Waals surface area (Å²) in [5, 5.41) is 5.56. The van der Waals surface area contributed by atoms with E-state index in [0.717, 1.165) is 41.7 Å². The zero-order chi connectivity index (χ0) is 13.2. The normalized spacial score (nSPS) is 19.8. The molecule has 5 heteroatoms. The molecule has 1 aromatic carbocycles. The highest BCUT2D eigenvalue weighted by Crippen LogP contribution is 2.30. The summed E-state index contributed by atoms with van der Waals surface area (Å²) in [5.41, 5.74) is 7.89. The van der Waals surface area contributed by atoms with Gasteiger partial charge in [0, 0.05) is 24.6 Å². The molecule has 3 rings (SSSR count). The number of hydrogen-bond acceptors (Lipinski definition) is 4. The Labute approximate surface area is 112 Å². The molecule has 19 heavy (non-hydrogen) atoms. The Kier molecular flexibility index (Phi) is 3.40. The van der Waals surface area contributed by atoms with Gasteiger partial charge in [0.15, 0.2) is 6.23 Å². The van der Waals surface area contributed by atoms with E-state index in [1.54, 1.807) is 7.11 Å². The third-order valence-electron chi connectivity index (χ3n) is 3.66. The van der Waals surface area contributed by atoms with Crippen molar-refractivity contribution in [1.29, 1.82) is 0 Å². The van der Waals surface area contributed by atoms with E-state index in [1.165, 1.54) is 6.42 Å². The van der Waals surface area contributed by atoms with Crippen LogP contribution in [0.25, 0.3) is 10.9 Å². The van der Waals surface area contributed by atoms with Gasteiger partial charge in [0.05, 0.1) is 18.8 Å². The smallest absolute Gasteiger partial charge is 0.150 e. The van der Waals surface area contributed by atoms with E-state index in [4.69, 9.17) is 15.2 Å². The predicted octanol–water partition coefficient (Wildman–Crippen LogP) is 2.20. The highest BCUT2D eigenvalue weighted by atomic mass is 16.5. The monoisotopic (exact) mass is 261 g/mol. The number of rotatable bonds is 3. The van der Waals surface area contributed by atoms with Crippen LogP contribution in [0.15, 0.2) is 18.3 Å². The second kappa shape index (κ2) is 5.19. The van der Waals surface area contributed by atoms with Crippen LogP contribution in [0.2, 0.25) is 0 Å². The maximum Gasteiger partial charge on any atom is 0.150 e. The van der Waals surface area contributed by atoms with Gasteiger partial charge in [-0.3, -0.25) is 0 Å². The van der Waals surface area contributed by atoms with E-state index < -0.39 is 0 Å². The fourth-order valence-corrected chi connectivity index (χ4v) is 2.62. The number of nitrogens with two attached hydrogens (primary N) is 1. The molecule has 1 aliphatic heterocycles. The largest absolute Gasteiger partial charge is 0.497 e. The molecule has 0 aliphatic carbocycles. The first-order valence-electron chi connectivity index (χ1n) is 6.69. The summed E-state index contributed by atoms with van der Waals surface area (Å²) in [6.07, 6.45) is 5.22. The zero-order valence-corrected chi connectivity index (χ0v) is 11.1. The van der Waals surface area contributed by atoms with Crippen LogP contribution in [-0.2, 0) is 11.3 Å².